The van der Waals surface area contributed by atoms with E-state index in [2.05, 4.69) is 0 Å². The number of nitrogens with zero attached hydrogens (tertiary/aromatic N) is 1. The number of benzene rings is 1. The second-order valence-electron chi connectivity index (χ2n) is 4.66. The van der Waals surface area contributed by atoms with Crippen molar-refractivity contribution in [3.63, 3.8) is 0 Å². The fourth-order valence-corrected chi connectivity index (χ4v) is 3.03. The van der Waals surface area contributed by atoms with E-state index in [9.17, 15) is 13.2 Å². The van der Waals surface area contributed by atoms with E-state index in [1.807, 2.05) is 23.6 Å². The second-order valence-corrected chi connectivity index (χ2v) is 6.42. The van der Waals surface area contributed by atoms with Crippen LogP contribution in [0, 0.1) is 0 Å². The highest BCUT2D eigenvalue weighted by atomic mass is 32.2. The van der Waals surface area contributed by atoms with Crippen LogP contribution in [-0.2, 0) is 14.8 Å². The van der Waals surface area contributed by atoms with Crippen LogP contribution in [0.4, 0.5) is 5.69 Å². The highest BCUT2D eigenvalue weighted by Crippen LogP contribution is 2.34. The summed E-state index contributed by atoms with van der Waals surface area (Å²) in [5, 5.41) is 8.53. The van der Waals surface area contributed by atoms with Gasteiger partial charge in [-0.15, -0.1) is 0 Å². The molecule has 1 aromatic carbocycles. The summed E-state index contributed by atoms with van der Waals surface area (Å²) in [6.07, 6.45) is 0.0279. The molecular weight excluding hydrogens is 284 g/mol. The molecule has 1 atom stereocenters. The number of hydrogen-bond acceptors (Lipinski definition) is 5. The summed E-state index contributed by atoms with van der Waals surface area (Å²) in [5.41, 5.74) is 0.668. The molecule has 7 nitrogen and oxygen atoms in total. The molecule has 1 aromatic rings. The SMILES string of the molecule is CC1CN(C)c2cc(S(=O)(=O)NCC(=O)O)ccc2O1. The molecule has 2 rings (SSSR count). The molecular formula is C12H16N2O5S. The molecule has 0 bridgehead atoms. The zero-order valence-electron chi connectivity index (χ0n) is 11.2. The van der Waals surface area contributed by atoms with Gasteiger partial charge in [-0.25, -0.2) is 8.42 Å². The quantitative estimate of drug-likeness (QED) is 0.828. The summed E-state index contributed by atoms with van der Waals surface area (Å²) in [7, 11) is -1.99. The van der Waals surface area contributed by atoms with Crippen LogP contribution in [0.2, 0.25) is 0 Å². The zero-order valence-corrected chi connectivity index (χ0v) is 12.0. The second kappa shape index (κ2) is 5.29. The third-order valence-electron chi connectivity index (χ3n) is 2.92. The molecule has 0 saturated heterocycles. The molecule has 110 valence electrons. The first-order valence-corrected chi connectivity index (χ1v) is 7.51. The van der Waals surface area contributed by atoms with Gasteiger partial charge >= 0.3 is 5.97 Å². The smallest absolute Gasteiger partial charge is 0.318 e. The van der Waals surface area contributed by atoms with Crippen molar-refractivity contribution in [2.45, 2.75) is 17.9 Å². The Morgan fingerprint density at radius 2 is 2.25 bits per heavy atom. The molecule has 0 aliphatic carbocycles. The van der Waals surface area contributed by atoms with Gasteiger partial charge in [-0.1, -0.05) is 0 Å². The normalized spacial score (nSPS) is 18.3. The first-order chi connectivity index (χ1) is 9.29. The minimum absolute atomic E-state index is 0.0162. The standard InChI is InChI=1S/C12H16N2O5S/c1-8-7-14(2)10-5-9(3-4-11(10)19-8)20(17,18)13-6-12(15)16/h3-5,8,13H,6-7H2,1-2H3,(H,15,16). The Bertz CT molecular complexity index is 629. The summed E-state index contributed by atoms with van der Waals surface area (Å²) >= 11 is 0. The zero-order chi connectivity index (χ0) is 14.9. The van der Waals surface area contributed by atoms with E-state index in [0.717, 1.165) is 0 Å². The van der Waals surface area contributed by atoms with Crippen LogP contribution < -0.4 is 14.4 Å². The van der Waals surface area contributed by atoms with Gasteiger partial charge in [-0.2, -0.15) is 4.72 Å². The first-order valence-electron chi connectivity index (χ1n) is 6.03. The van der Waals surface area contributed by atoms with Gasteiger partial charge in [-0.05, 0) is 25.1 Å². The first kappa shape index (κ1) is 14.6. The summed E-state index contributed by atoms with van der Waals surface area (Å²) < 4.78 is 31.6. The number of sulfonamides is 1. The molecule has 2 N–H and O–H groups in total. The third kappa shape index (κ3) is 3.02. The fraction of sp³-hybridized carbons (Fsp3) is 0.417. The van der Waals surface area contributed by atoms with Crippen LogP contribution in [-0.4, -0.2) is 45.7 Å². The van der Waals surface area contributed by atoms with E-state index in [0.29, 0.717) is 18.0 Å². The number of carbonyl (C=O) groups is 1. The Morgan fingerprint density at radius 1 is 1.55 bits per heavy atom. The Labute approximate surface area is 117 Å². The molecule has 1 aliphatic rings. The number of rotatable bonds is 4. The van der Waals surface area contributed by atoms with E-state index in [1.54, 1.807) is 6.07 Å². The molecule has 0 radical (unpaired) electrons. The molecule has 8 heteroatoms. The van der Waals surface area contributed by atoms with E-state index in [-0.39, 0.29) is 11.0 Å². The Morgan fingerprint density at radius 3 is 2.90 bits per heavy atom. The molecule has 0 saturated carbocycles. The lowest BCUT2D eigenvalue weighted by Crippen LogP contribution is -2.36. The Kier molecular flexibility index (Phi) is 3.87. The average Bonchev–Trinajstić information content (AvgIpc) is 2.36. The average molecular weight is 300 g/mol. The lowest BCUT2D eigenvalue weighted by molar-refractivity contribution is -0.135. The molecule has 1 heterocycles. The summed E-state index contributed by atoms with van der Waals surface area (Å²) in [6.45, 7) is 1.93. The lowest BCUT2D eigenvalue weighted by atomic mass is 10.2. The van der Waals surface area contributed by atoms with Gasteiger partial charge in [0.05, 0.1) is 17.1 Å². The topological polar surface area (TPSA) is 95.9 Å². The van der Waals surface area contributed by atoms with Crippen molar-refractivity contribution in [3.05, 3.63) is 18.2 Å². The lowest BCUT2D eigenvalue weighted by Gasteiger charge is -2.32. The van der Waals surface area contributed by atoms with Crippen LogP contribution in [0.1, 0.15) is 6.92 Å². The van der Waals surface area contributed by atoms with E-state index in [4.69, 9.17) is 9.84 Å². The number of carboxylic acids is 1. The van der Waals surface area contributed by atoms with Gasteiger partial charge in [0.2, 0.25) is 10.0 Å². The van der Waals surface area contributed by atoms with E-state index in [1.165, 1.54) is 12.1 Å². The maximum atomic E-state index is 12.0. The summed E-state index contributed by atoms with van der Waals surface area (Å²) in [4.78, 5) is 12.4. The number of aliphatic carboxylic acids is 1. The number of nitrogens with one attached hydrogen (secondary N) is 1. The maximum Gasteiger partial charge on any atom is 0.318 e. The number of hydrogen-bond donors (Lipinski definition) is 2. The number of ether oxygens (including phenoxy) is 1. The molecule has 0 aromatic heterocycles. The maximum absolute atomic E-state index is 12.0. The third-order valence-corrected chi connectivity index (χ3v) is 4.32. The summed E-state index contributed by atoms with van der Waals surface area (Å²) in [6, 6.07) is 4.46. The predicted octanol–water partition coefficient (Wildman–Crippen LogP) is 0.267. The van der Waals surface area contributed by atoms with Gasteiger partial charge < -0.3 is 14.7 Å². The predicted molar refractivity (Wildman–Crippen MR) is 72.6 cm³/mol. The number of likely N-dealkylation sites (N-methyl/N-ethyl adjacent to an activating group) is 1. The molecule has 1 aliphatic heterocycles. The molecule has 20 heavy (non-hydrogen) atoms. The van der Waals surface area contributed by atoms with Crippen molar-refractivity contribution in [1.82, 2.24) is 4.72 Å². The largest absolute Gasteiger partial charge is 0.487 e. The van der Waals surface area contributed by atoms with Crippen molar-refractivity contribution >= 4 is 21.7 Å². The highest BCUT2D eigenvalue weighted by Gasteiger charge is 2.23. The molecule has 0 fully saturated rings. The van der Waals surface area contributed by atoms with Crippen molar-refractivity contribution < 1.29 is 23.1 Å². The van der Waals surface area contributed by atoms with Crippen molar-refractivity contribution in [1.29, 1.82) is 0 Å². The number of carboxylic acid groups (broad SMARTS) is 1. The summed E-state index contributed by atoms with van der Waals surface area (Å²) in [5.74, 6) is -0.621. The van der Waals surface area contributed by atoms with Crippen molar-refractivity contribution in [3.8, 4) is 5.75 Å². The van der Waals surface area contributed by atoms with Crippen LogP contribution in [0.5, 0.6) is 5.75 Å². The van der Waals surface area contributed by atoms with Crippen LogP contribution >= 0.6 is 0 Å². The minimum atomic E-state index is -3.84. The molecule has 1 unspecified atom stereocenters. The van der Waals surface area contributed by atoms with Gasteiger partial charge in [0.15, 0.2) is 0 Å². The van der Waals surface area contributed by atoms with E-state index >= 15 is 0 Å². The van der Waals surface area contributed by atoms with Gasteiger partial charge in [0, 0.05) is 7.05 Å². The van der Waals surface area contributed by atoms with Crippen LogP contribution in [0.25, 0.3) is 0 Å². The Balaban J connectivity index is 2.31. The molecule has 0 spiro atoms. The van der Waals surface area contributed by atoms with Crippen LogP contribution in [0.3, 0.4) is 0 Å². The van der Waals surface area contributed by atoms with Crippen molar-refractivity contribution in [2.75, 3.05) is 25.0 Å². The van der Waals surface area contributed by atoms with Gasteiger partial charge in [0.1, 0.15) is 18.4 Å². The Hall–Kier alpha value is -1.80. The molecule has 0 amide bonds. The van der Waals surface area contributed by atoms with Gasteiger partial charge in [-0.3, -0.25) is 4.79 Å². The minimum Gasteiger partial charge on any atom is -0.487 e. The highest BCUT2D eigenvalue weighted by molar-refractivity contribution is 7.89. The van der Waals surface area contributed by atoms with Gasteiger partial charge in [0.25, 0.3) is 0 Å². The van der Waals surface area contributed by atoms with Crippen LogP contribution in [0.15, 0.2) is 23.1 Å². The van der Waals surface area contributed by atoms with Crippen molar-refractivity contribution in [2.24, 2.45) is 0 Å². The number of anilines is 1. The number of fused-ring (bicyclic) bond motifs is 1. The van der Waals surface area contributed by atoms with E-state index < -0.39 is 22.5 Å². The fourth-order valence-electron chi connectivity index (χ4n) is 2.04. The monoisotopic (exact) mass is 300 g/mol.